The Labute approximate surface area is 174 Å². The number of phenolic OH excluding ortho intramolecular Hbond substituents is 1. The monoisotopic (exact) mass is 400 g/mol. The molecule has 0 saturated heterocycles. The number of nitrogens with two attached hydrogens (primary N) is 1. The van der Waals surface area contributed by atoms with Gasteiger partial charge in [0.2, 0.25) is 5.91 Å². The van der Waals surface area contributed by atoms with Gasteiger partial charge >= 0.3 is 0 Å². The molecular formula is C24H33FN2O2. The maximum atomic E-state index is 13.5. The van der Waals surface area contributed by atoms with Gasteiger partial charge in [-0.3, -0.25) is 4.79 Å². The fourth-order valence-corrected chi connectivity index (χ4v) is 2.51. The van der Waals surface area contributed by atoms with Crippen molar-refractivity contribution in [2.45, 2.75) is 47.6 Å². The van der Waals surface area contributed by atoms with Gasteiger partial charge in [0.15, 0.2) is 11.6 Å². The van der Waals surface area contributed by atoms with E-state index in [2.05, 4.69) is 25.7 Å². The molecule has 4 nitrogen and oxygen atoms in total. The second-order valence-electron chi connectivity index (χ2n) is 5.44. The zero-order chi connectivity index (χ0) is 23.1. The minimum atomic E-state index is -0.737. The number of carbonyl (C=O) groups is 1. The summed E-state index contributed by atoms with van der Waals surface area (Å²) < 4.78 is 15.4. The molecule has 0 saturated carbocycles. The second-order valence-corrected chi connectivity index (χ2v) is 5.44. The summed E-state index contributed by atoms with van der Waals surface area (Å²) in [6.45, 7) is 20.6. The van der Waals surface area contributed by atoms with Crippen LogP contribution < -0.4 is 5.73 Å². The molecule has 0 aliphatic rings. The molecule has 1 aromatic carbocycles. The van der Waals surface area contributed by atoms with Crippen LogP contribution in [0.25, 0.3) is 16.5 Å². The number of halogens is 1. The van der Waals surface area contributed by atoms with Crippen LogP contribution in [0.4, 0.5) is 4.39 Å². The van der Waals surface area contributed by atoms with Gasteiger partial charge in [-0.15, -0.1) is 25.5 Å². The van der Waals surface area contributed by atoms with Gasteiger partial charge in [0.25, 0.3) is 0 Å². The summed E-state index contributed by atoms with van der Waals surface area (Å²) in [5.74, 6) is 0.489. The number of nitrogens with zero attached hydrogens (tertiary/aromatic N) is 1. The molecule has 0 atom stereocenters. The van der Waals surface area contributed by atoms with Crippen molar-refractivity contribution in [2.24, 2.45) is 5.73 Å². The van der Waals surface area contributed by atoms with Gasteiger partial charge in [-0.25, -0.2) is 4.39 Å². The number of fused-ring (bicyclic) bond motifs is 1. The highest BCUT2D eigenvalue weighted by Gasteiger charge is 2.22. The Hall–Kier alpha value is -3.26. The number of primary amides is 1. The zero-order valence-corrected chi connectivity index (χ0v) is 18.2. The van der Waals surface area contributed by atoms with Crippen LogP contribution >= 0.6 is 0 Å². The normalized spacial score (nSPS) is 8.72. The lowest BCUT2D eigenvalue weighted by Crippen LogP contribution is -2.12. The standard InChI is InChI=1S/C14H15FN2O2.C5H6.C3H6.C2H6/c1-4-17-8(3)11(7(2)14(16)19)12-10(17)6-5-9(15)13(12)18;1-3-5-4-2;1-3-2;1-2/h5-6,18H,2,4H2,1,3H3,(H2,16,19);1,4H,2,5H2;3H,1H2,2H3;1-2H3. The first-order valence-corrected chi connectivity index (χ1v) is 9.33. The van der Waals surface area contributed by atoms with Gasteiger partial charge in [-0.1, -0.05) is 32.6 Å². The van der Waals surface area contributed by atoms with Crippen LogP contribution in [0.5, 0.6) is 5.75 Å². The number of aromatic nitrogens is 1. The lowest BCUT2D eigenvalue weighted by molar-refractivity contribution is -0.112. The molecule has 29 heavy (non-hydrogen) atoms. The Balaban J connectivity index is 0. The van der Waals surface area contributed by atoms with E-state index in [4.69, 9.17) is 12.2 Å². The van der Waals surface area contributed by atoms with Gasteiger partial charge in [-0.05, 0) is 32.9 Å². The number of benzene rings is 1. The zero-order valence-electron chi connectivity index (χ0n) is 18.2. The smallest absolute Gasteiger partial charge is 0.248 e. The second kappa shape index (κ2) is 14.8. The Morgan fingerprint density at radius 2 is 1.90 bits per heavy atom. The Morgan fingerprint density at radius 1 is 1.38 bits per heavy atom. The topological polar surface area (TPSA) is 68.2 Å². The molecule has 158 valence electrons. The number of carbonyl (C=O) groups excluding carboxylic acids is 1. The summed E-state index contributed by atoms with van der Waals surface area (Å²) in [7, 11) is 0. The van der Waals surface area contributed by atoms with E-state index in [0.29, 0.717) is 24.0 Å². The van der Waals surface area contributed by atoms with Crippen molar-refractivity contribution in [3.63, 3.8) is 0 Å². The van der Waals surface area contributed by atoms with E-state index in [0.717, 1.165) is 5.69 Å². The number of phenols is 1. The van der Waals surface area contributed by atoms with E-state index in [9.17, 15) is 14.3 Å². The maximum absolute atomic E-state index is 13.5. The predicted molar refractivity (Wildman–Crippen MR) is 123 cm³/mol. The lowest BCUT2D eigenvalue weighted by Gasteiger charge is -2.04. The van der Waals surface area contributed by atoms with Crippen LogP contribution in [-0.4, -0.2) is 15.6 Å². The lowest BCUT2D eigenvalue weighted by atomic mass is 10.0. The number of terminal acetylenes is 1. The summed E-state index contributed by atoms with van der Waals surface area (Å²) in [5, 5.41) is 10.2. The van der Waals surface area contributed by atoms with Gasteiger partial charge in [0.1, 0.15) is 0 Å². The largest absolute Gasteiger partial charge is 0.504 e. The molecule has 0 bridgehead atoms. The molecular weight excluding hydrogens is 367 g/mol. The highest BCUT2D eigenvalue weighted by Crippen LogP contribution is 2.37. The number of rotatable bonds is 4. The summed E-state index contributed by atoms with van der Waals surface area (Å²) in [6.07, 6.45) is 8.94. The Kier molecular flexibility index (Phi) is 14.2. The van der Waals surface area contributed by atoms with E-state index in [1.54, 1.807) is 25.1 Å². The minimum absolute atomic E-state index is 0.0654. The number of allylic oxidation sites excluding steroid dienone is 2. The van der Waals surface area contributed by atoms with E-state index < -0.39 is 17.5 Å². The molecule has 3 N–H and O–H groups in total. The van der Waals surface area contributed by atoms with Crippen LogP contribution in [-0.2, 0) is 11.3 Å². The van der Waals surface area contributed by atoms with Crippen LogP contribution in [0.1, 0.15) is 45.4 Å². The molecule has 0 fully saturated rings. The Morgan fingerprint density at radius 3 is 2.24 bits per heavy atom. The van der Waals surface area contributed by atoms with Gasteiger partial charge in [-0.2, -0.15) is 0 Å². The Bertz CT molecular complexity index is 887. The highest BCUT2D eigenvalue weighted by molar-refractivity contribution is 6.22. The van der Waals surface area contributed by atoms with Crippen molar-refractivity contribution < 1.29 is 14.3 Å². The molecule has 1 heterocycles. The number of amides is 1. The van der Waals surface area contributed by atoms with Crippen LogP contribution in [0.2, 0.25) is 0 Å². The van der Waals surface area contributed by atoms with Crippen molar-refractivity contribution in [3.05, 3.63) is 61.1 Å². The fraction of sp³-hybridized carbons (Fsp3) is 0.292. The van der Waals surface area contributed by atoms with E-state index >= 15 is 0 Å². The summed E-state index contributed by atoms with van der Waals surface area (Å²) in [5.41, 5.74) is 7.09. The third-order valence-corrected chi connectivity index (χ3v) is 3.59. The van der Waals surface area contributed by atoms with Crippen LogP contribution in [0.15, 0.2) is 44.0 Å². The van der Waals surface area contributed by atoms with Gasteiger partial charge < -0.3 is 15.4 Å². The van der Waals surface area contributed by atoms with Crippen molar-refractivity contribution in [1.29, 1.82) is 0 Å². The first-order valence-electron chi connectivity index (χ1n) is 9.33. The first-order chi connectivity index (χ1) is 13.7. The molecule has 2 rings (SSSR count). The van der Waals surface area contributed by atoms with Crippen molar-refractivity contribution in [2.75, 3.05) is 0 Å². The maximum Gasteiger partial charge on any atom is 0.248 e. The number of hydrogen-bond donors (Lipinski definition) is 2. The number of hydrogen-bond acceptors (Lipinski definition) is 2. The van der Waals surface area contributed by atoms with E-state index in [1.165, 1.54) is 6.07 Å². The molecule has 0 aliphatic heterocycles. The molecule has 2 aromatic rings. The predicted octanol–water partition coefficient (Wildman–Crippen LogP) is 5.73. The third-order valence-electron chi connectivity index (χ3n) is 3.59. The first kappa shape index (κ1) is 28.0. The molecule has 0 aliphatic carbocycles. The van der Waals surface area contributed by atoms with Crippen molar-refractivity contribution >= 4 is 22.4 Å². The van der Waals surface area contributed by atoms with Crippen LogP contribution in [0, 0.1) is 25.1 Å². The fourth-order valence-electron chi connectivity index (χ4n) is 2.51. The molecule has 1 amide bonds. The average molecular weight is 401 g/mol. The molecule has 0 unspecified atom stereocenters. The number of aromatic hydroxyl groups is 1. The average Bonchev–Trinajstić information content (AvgIpc) is 2.99. The SMILES string of the molecule is C#CCC=C.C=C(C(N)=O)c1c(C)n(CC)c2ccc(F)c(O)c12.C=CC.CC. The quantitative estimate of drug-likeness (QED) is 0.391. The molecule has 0 radical (unpaired) electrons. The van der Waals surface area contributed by atoms with E-state index in [-0.39, 0.29) is 11.0 Å². The van der Waals surface area contributed by atoms with Crippen LogP contribution in [0.3, 0.4) is 0 Å². The third kappa shape index (κ3) is 7.34. The van der Waals surface area contributed by atoms with Crippen molar-refractivity contribution in [1.82, 2.24) is 4.57 Å². The van der Waals surface area contributed by atoms with Gasteiger partial charge in [0, 0.05) is 29.8 Å². The summed E-state index contributed by atoms with van der Waals surface area (Å²) in [4.78, 5) is 11.3. The molecule has 5 heteroatoms. The number of aryl methyl sites for hydroxylation is 1. The van der Waals surface area contributed by atoms with Gasteiger partial charge in [0.05, 0.1) is 10.9 Å². The molecule has 1 aromatic heterocycles. The highest BCUT2D eigenvalue weighted by atomic mass is 19.1. The minimum Gasteiger partial charge on any atom is -0.504 e. The summed E-state index contributed by atoms with van der Waals surface area (Å²) in [6, 6.07) is 2.76. The van der Waals surface area contributed by atoms with Crippen molar-refractivity contribution in [3.8, 4) is 18.1 Å². The summed E-state index contributed by atoms with van der Waals surface area (Å²) >= 11 is 0. The van der Waals surface area contributed by atoms with E-state index in [1.807, 2.05) is 32.3 Å². The molecule has 0 spiro atoms.